The summed E-state index contributed by atoms with van der Waals surface area (Å²) in [6.45, 7) is 6.82. The Morgan fingerprint density at radius 1 is 1.28 bits per heavy atom. The number of carbonyl (C=O) groups is 1. The summed E-state index contributed by atoms with van der Waals surface area (Å²) in [6, 6.07) is 1.66. The predicted octanol–water partition coefficient (Wildman–Crippen LogP) is 2.43. The Morgan fingerprint density at radius 2 is 1.92 bits per heavy atom. The van der Waals surface area contributed by atoms with Gasteiger partial charge in [0.15, 0.2) is 14.6 Å². The van der Waals surface area contributed by atoms with Gasteiger partial charge in [0, 0.05) is 24.7 Å². The molecule has 1 aromatic rings. The Hall–Kier alpha value is -1.41. The van der Waals surface area contributed by atoms with Gasteiger partial charge in [-0.1, -0.05) is 25.9 Å². The van der Waals surface area contributed by atoms with Crippen LogP contribution >= 0.6 is 0 Å². The van der Waals surface area contributed by atoms with Crippen LogP contribution in [-0.2, 0) is 24.8 Å². The smallest absolute Gasteiger partial charge is 0.248 e. The lowest BCUT2D eigenvalue weighted by Crippen LogP contribution is -2.58. The normalized spacial score (nSPS) is 21.6. The molecule has 8 heteroatoms. The van der Waals surface area contributed by atoms with Gasteiger partial charge in [0.05, 0.1) is 10.9 Å². The molecule has 0 radical (unpaired) electrons. The van der Waals surface area contributed by atoms with E-state index < -0.39 is 25.7 Å². The van der Waals surface area contributed by atoms with Crippen LogP contribution in [0.25, 0.3) is 0 Å². The number of anilines is 1. The zero-order valence-electron chi connectivity index (χ0n) is 15.0. The number of amides is 1. The van der Waals surface area contributed by atoms with Crippen LogP contribution in [0.1, 0.15) is 58.6 Å². The standard InChI is InChI=1S/C17H26N2O5S/c1-16(2,3)13-11-14(24-19-13)18-15(20)17(7-4-8-17)25(21,22)12-5-9-23-10-6-12/h11-12H,4-10H2,1-3H3,(H,18,20). The summed E-state index contributed by atoms with van der Waals surface area (Å²) in [7, 11) is -3.58. The maximum absolute atomic E-state index is 13.1. The first-order valence-electron chi connectivity index (χ1n) is 8.77. The fourth-order valence-corrected chi connectivity index (χ4v) is 5.98. The van der Waals surface area contributed by atoms with Gasteiger partial charge in [-0.05, 0) is 32.1 Å². The molecule has 1 aliphatic heterocycles. The lowest BCUT2D eigenvalue weighted by atomic mass is 9.83. The Labute approximate surface area is 148 Å². The quantitative estimate of drug-likeness (QED) is 0.874. The van der Waals surface area contributed by atoms with Crippen LogP contribution in [0.2, 0.25) is 0 Å². The number of hydrogen-bond acceptors (Lipinski definition) is 6. The molecular formula is C17H26N2O5S. The highest BCUT2D eigenvalue weighted by molar-refractivity contribution is 7.94. The van der Waals surface area contributed by atoms with Crippen molar-refractivity contribution >= 4 is 21.6 Å². The van der Waals surface area contributed by atoms with E-state index in [0.29, 0.717) is 44.6 Å². The lowest BCUT2D eigenvalue weighted by molar-refractivity contribution is -0.120. The number of hydrogen-bond donors (Lipinski definition) is 1. The highest BCUT2D eigenvalue weighted by Gasteiger charge is 2.57. The molecule has 1 amide bonds. The second-order valence-corrected chi connectivity index (χ2v) is 10.5. The summed E-state index contributed by atoms with van der Waals surface area (Å²) in [5.74, 6) is -0.301. The number of sulfone groups is 1. The summed E-state index contributed by atoms with van der Waals surface area (Å²) in [4.78, 5) is 12.9. The van der Waals surface area contributed by atoms with Crippen LogP contribution < -0.4 is 5.32 Å². The van der Waals surface area contributed by atoms with Crippen LogP contribution in [0, 0.1) is 0 Å². The molecule has 0 bridgehead atoms. The monoisotopic (exact) mass is 370 g/mol. The van der Waals surface area contributed by atoms with E-state index in [2.05, 4.69) is 10.5 Å². The second-order valence-electron chi connectivity index (χ2n) is 7.99. The van der Waals surface area contributed by atoms with E-state index in [9.17, 15) is 13.2 Å². The Balaban J connectivity index is 1.80. The van der Waals surface area contributed by atoms with Crippen LogP contribution in [0.3, 0.4) is 0 Å². The Kier molecular flexibility index (Phi) is 4.70. The van der Waals surface area contributed by atoms with Crippen molar-refractivity contribution in [2.75, 3.05) is 18.5 Å². The highest BCUT2D eigenvalue weighted by atomic mass is 32.2. The number of aromatic nitrogens is 1. The molecule has 140 valence electrons. The SMILES string of the molecule is CC(C)(C)c1cc(NC(=O)C2(S(=O)(=O)C3CCOCC3)CCC2)on1. The molecule has 0 spiro atoms. The minimum atomic E-state index is -3.58. The van der Waals surface area contributed by atoms with Crippen LogP contribution in [0.4, 0.5) is 5.88 Å². The number of ether oxygens (including phenoxy) is 1. The van der Waals surface area contributed by atoms with Crippen molar-refractivity contribution in [1.29, 1.82) is 0 Å². The summed E-state index contributed by atoms with van der Waals surface area (Å²) in [6.07, 6.45) is 2.36. The van der Waals surface area contributed by atoms with Gasteiger partial charge in [0.2, 0.25) is 11.8 Å². The number of carbonyl (C=O) groups excluding carboxylic acids is 1. The van der Waals surface area contributed by atoms with E-state index in [1.807, 2.05) is 20.8 Å². The molecule has 2 fully saturated rings. The number of nitrogens with one attached hydrogen (secondary N) is 1. The zero-order chi connectivity index (χ0) is 18.3. The molecule has 25 heavy (non-hydrogen) atoms. The first-order chi connectivity index (χ1) is 11.7. The molecule has 1 aromatic heterocycles. The summed E-state index contributed by atoms with van der Waals surface area (Å²) >= 11 is 0. The van der Waals surface area contributed by atoms with Crippen molar-refractivity contribution in [1.82, 2.24) is 5.16 Å². The Bertz CT molecular complexity index is 737. The third-order valence-electron chi connectivity index (χ3n) is 5.24. The van der Waals surface area contributed by atoms with Crippen molar-refractivity contribution in [3.05, 3.63) is 11.8 Å². The third kappa shape index (κ3) is 3.21. The first kappa shape index (κ1) is 18.4. The van der Waals surface area contributed by atoms with Crippen LogP contribution in [-0.4, -0.2) is 42.7 Å². The lowest BCUT2D eigenvalue weighted by Gasteiger charge is -2.42. The maximum Gasteiger partial charge on any atom is 0.248 e. The van der Waals surface area contributed by atoms with Crippen molar-refractivity contribution in [2.45, 2.75) is 68.3 Å². The summed E-state index contributed by atoms with van der Waals surface area (Å²) in [5.41, 5.74) is 0.493. The van der Waals surface area contributed by atoms with Gasteiger partial charge in [-0.3, -0.25) is 10.1 Å². The van der Waals surface area contributed by atoms with Gasteiger partial charge in [-0.15, -0.1) is 0 Å². The van der Waals surface area contributed by atoms with Gasteiger partial charge in [0.1, 0.15) is 0 Å². The minimum Gasteiger partial charge on any atom is -0.381 e. The van der Waals surface area contributed by atoms with Gasteiger partial charge in [0.25, 0.3) is 0 Å². The molecule has 1 N–H and O–H groups in total. The molecule has 1 saturated carbocycles. The molecule has 0 unspecified atom stereocenters. The molecule has 0 aromatic carbocycles. The predicted molar refractivity (Wildman–Crippen MR) is 93.2 cm³/mol. The number of rotatable bonds is 4. The molecule has 7 nitrogen and oxygen atoms in total. The minimum absolute atomic E-state index is 0.198. The topological polar surface area (TPSA) is 98.5 Å². The van der Waals surface area contributed by atoms with Gasteiger partial charge in [-0.2, -0.15) is 0 Å². The average Bonchev–Trinajstić information content (AvgIpc) is 2.95. The van der Waals surface area contributed by atoms with Crippen molar-refractivity contribution in [3.8, 4) is 0 Å². The summed E-state index contributed by atoms with van der Waals surface area (Å²) in [5, 5.41) is 6.10. The van der Waals surface area contributed by atoms with E-state index >= 15 is 0 Å². The molecule has 1 aliphatic carbocycles. The van der Waals surface area contributed by atoms with E-state index in [1.165, 1.54) is 0 Å². The van der Waals surface area contributed by atoms with Gasteiger partial charge >= 0.3 is 0 Å². The molecule has 0 atom stereocenters. The van der Waals surface area contributed by atoms with Crippen molar-refractivity contribution in [3.63, 3.8) is 0 Å². The highest BCUT2D eigenvalue weighted by Crippen LogP contribution is 2.44. The zero-order valence-corrected chi connectivity index (χ0v) is 15.8. The van der Waals surface area contributed by atoms with Crippen molar-refractivity contribution in [2.24, 2.45) is 0 Å². The van der Waals surface area contributed by atoms with E-state index in [-0.39, 0.29) is 11.3 Å². The van der Waals surface area contributed by atoms with Crippen LogP contribution in [0.5, 0.6) is 0 Å². The van der Waals surface area contributed by atoms with E-state index in [4.69, 9.17) is 9.26 Å². The maximum atomic E-state index is 13.1. The largest absolute Gasteiger partial charge is 0.381 e. The number of nitrogens with zero attached hydrogens (tertiary/aromatic N) is 1. The van der Waals surface area contributed by atoms with E-state index in [0.717, 1.165) is 6.42 Å². The molecule has 1 saturated heterocycles. The van der Waals surface area contributed by atoms with Gasteiger partial charge < -0.3 is 9.26 Å². The third-order valence-corrected chi connectivity index (χ3v) is 8.27. The Morgan fingerprint density at radius 3 is 2.40 bits per heavy atom. The average molecular weight is 370 g/mol. The fourth-order valence-electron chi connectivity index (χ4n) is 3.36. The molecule has 2 heterocycles. The molecular weight excluding hydrogens is 344 g/mol. The van der Waals surface area contributed by atoms with Gasteiger partial charge in [-0.25, -0.2) is 8.42 Å². The van der Waals surface area contributed by atoms with Crippen molar-refractivity contribution < 1.29 is 22.5 Å². The van der Waals surface area contributed by atoms with E-state index in [1.54, 1.807) is 6.07 Å². The van der Waals surface area contributed by atoms with Crippen LogP contribution in [0.15, 0.2) is 10.6 Å². The molecule has 2 aliphatic rings. The molecule has 3 rings (SSSR count). The first-order valence-corrected chi connectivity index (χ1v) is 10.3. The second kappa shape index (κ2) is 6.39. The fraction of sp³-hybridized carbons (Fsp3) is 0.765. The summed E-state index contributed by atoms with van der Waals surface area (Å²) < 4.78 is 35.4.